The second kappa shape index (κ2) is 5.68. The molecule has 0 amide bonds. The minimum absolute atomic E-state index is 0.0274. The van der Waals surface area contributed by atoms with Crippen LogP contribution in [0.5, 0.6) is 5.75 Å². The van der Waals surface area contributed by atoms with E-state index in [4.69, 9.17) is 4.74 Å². The molecular formula is C13H18O4. The molecule has 0 radical (unpaired) electrons. The number of esters is 1. The molecule has 0 heterocycles. The van der Waals surface area contributed by atoms with Gasteiger partial charge in [0.1, 0.15) is 5.75 Å². The van der Waals surface area contributed by atoms with Gasteiger partial charge in [-0.3, -0.25) is 0 Å². The zero-order chi connectivity index (χ0) is 13.0. The fourth-order valence-electron chi connectivity index (χ4n) is 1.59. The van der Waals surface area contributed by atoms with Crippen LogP contribution in [0.3, 0.4) is 0 Å². The Morgan fingerprint density at radius 2 is 2.00 bits per heavy atom. The van der Waals surface area contributed by atoms with Crippen LogP contribution in [0.2, 0.25) is 0 Å². The highest BCUT2D eigenvalue weighted by Gasteiger charge is 2.24. The molecule has 0 saturated heterocycles. The summed E-state index contributed by atoms with van der Waals surface area (Å²) in [6, 6.07) is 5.36. The Bertz CT molecular complexity index is 398. The average Bonchev–Trinajstić information content (AvgIpc) is 2.26. The van der Waals surface area contributed by atoms with Crippen molar-refractivity contribution >= 4 is 5.97 Å². The summed E-state index contributed by atoms with van der Waals surface area (Å²) >= 11 is 0. The van der Waals surface area contributed by atoms with E-state index >= 15 is 0 Å². The largest absolute Gasteiger partial charge is 0.491 e. The SMILES string of the molecule is COC(=O)C(O)c1c(C)cccc1OC(C)C. The lowest BCUT2D eigenvalue weighted by molar-refractivity contribution is -0.150. The van der Waals surface area contributed by atoms with Gasteiger partial charge in [0, 0.05) is 5.56 Å². The Hall–Kier alpha value is -1.55. The summed E-state index contributed by atoms with van der Waals surface area (Å²) in [6.45, 7) is 5.59. The number of ether oxygens (including phenoxy) is 2. The van der Waals surface area contributed by atoms with E-state index in [-0.39, 0.29) is 6.10 Å². The normalized spacial score (nSPS) is 12.4. The van der Waals surface area contributed by atoms with Gasteiger partial charge in [0.15, 0.2) is 6.10 Å². The molecule has 94 valence electrons. The first-order chi connectivity index (χ1) is 7.97. The third-order valence-electron chi connectivity index (χ3n) is 2.34. The Morgan fingerprint density at radius 1 is 1.35 bits per heavy atom. The molecule has 0 aliphatic heterocycles. The van der Waals surface area contributed by atoms with Crippen molar-refractivity contribution in [3.05, 3.63) is 29.3 Å². The van der Waals surface area contributed by atoms with Crippen molar-refractivity contribution in [2.75, 3.05) is 7.11 Å². The minimum atomic E-state index is -1.31. The number of carbonyl (C=O) groups is 1. The number of hydrogen-bond acceptors (Lipinski definition) is 4. The molecule has 1 aromatic carbocycles. The van der Waals surface area contributed by atoms with Crippen LogP contribution >= 0.6 is 0 Å². The predicted molar refractivity (Wildman–Crippen MR) is 63.9 cm³/mol. The highest BCUT2D eigenvalue weighted by atomic mass is 16.5. The van der Waals surface area contributed by atoms with E-state index in [1.165, 1.54) is 7.11 Å². The number of aliphatic hydroxyl groups excluding tert-OH is 1. The van der Waals surface area contributed by atoms with Crippen molar-refractivity contribution in [1.29, 1.82) is 0 Å². The summed E-state index contributed by atoms with van der Waals surface area (Å²) in [6.07, 6.45) is -1.34. The first-order valence-electron chi connectivity index (χ1n) is 5.49. The molecule has 1 rings (SSSR count). The van der Waals surface area contributed by atoms with E-state index in [1.807, 2.05) is 32.9 Å². The molecule has 0 aromatic heterocycles. The van der Waals surface area contributed by atoms with E-state index in [9.17, 15) is 9.90 Å². The second-order valence-corrected chi connectivity index (χ2v) is 4.08. The molecule has 1 atom stereocenters. The summed E-state index contributed by atoms with van der Waals surface area (Å²) in [5.74, 6) is -0.175. The van der Waals surface area contributed by atoms with Crippen molar-refractivity contribution in [2.24, 2.45) is 0 Å². The van der Waals surface area contributed by atoms with Crippen LogP contribution < -0.4 is 4.74 Å². The van der Waals surface area contributed by atoms with Crippen molar-refractivity contribution in [1.82, 2.24) is 0 Å². The third-order valence-corrected chi connectivity index (χ3v) is 2.34. The molecule has 0 aliphatic rings. The van der Waals surface area contributed by atoms with E-state index in [2.05, 4.69) is 4.74 Å². The van der Waals surface area contributed by atoms with E-state index in [0.29, 0.717) is 11.3 Å². The summed E-state index contributed by atoms with van der Waals surface area (Å²) in [7, 11) is 1.24. The molecule has 0 fully saturated rings. The monoisotopic (exact) mass is 238 g/mol. The molecule has 17 heavy (non-hydrogen) atoms. The van der Waals surface area contributed by atoms with Gasteiger partial charge in [0.2, 0.25) is 0 Å². The molecule has 0 aliphatic carbocycles. The lowest BCUT2D eigenvalue weighted by Gasteiger charge is -2.18. The molecule has 0 bridgehead atoms. The van der Waals surface area contributed by atoms with Crippen molar-refractivity contribution in [2.45, 2.75) is 33.0 Å². The van der Waals surface area contributed by atoms with Crippen LogP contribution in [0.4, 0.5) is 0 Å². The first-order valence-corrected chi connectivity index (χ1v) is 5.49. The molecule has 1 unspecified atom stereocenters. The van der Waals surface area contributed by atoms with Crippen LogP contribution in [0, 0.1) is 6.92 Å². The topological polar surface area (TPSA) is 55.8 Å². The Morgan fingerprint density at radius 3 is 2.53 bits per heavy atom. The predicted octanol–water partition coefficient (Wildman–Crippen LogP) is 1.99. The summed E-state index contributed by atoms with van der Waals surface area (Å²) in [4.78, 5) is 11.4. The van der Waals surface area contributed by atoms with E-state index < -0.39 is 12.1 Å². The highest BCUT2D eigenvalue weighted by molar-refractivity contribution is 5.77. The smallest absolute Gasteiger partial charge is 0.339 e. The fraction of sp³-hybridized carbons (Fsp3) is 0.462. The Labute approximate surface area is 101 Å². The zero-order valence-corrected chi connectivity index (χ0v) is 10.6. The maximum atomic E-state index is 11.4. The van der Waals surface area contributed by atoms with Gasteiger partial charge in [-0.05, 0) is 32.4 Å². The van der Waals surface area contributed by atoms with Gasteiger partial charge in [-0.15, -0.1) is 0 Å². The van der Waals surface area contributed by atoms with Gasteiger partial charge in [-0.2, -0.15) is 0 Å². The minimum Gasteiger partial charge on any atom is -0.491 e. The lowest BCUT2D eigenvalue weighted by Crippen LogP contribution is -2.17. The summed E-state index contributed by atoms with van der Waals surface area (Å²) < 4.78 is 10.1. The zero-order valence-electron chi connectivity index (χ0n) is 10.6. The molecule has 4 nitrogen and oxygen atoms in total. The van der Waals surface area contributed by atoms with E-state index in [1.54, 1.807) is 6.07 Å². The number of hydrogen-bond donors (Lipinski definition) is 1. The summed E-state index contributed by atoms with van der Waals surface area (Å²) in [5, 5.41) is 9.91. The molecule has 0 saturated carbocycles. The molecule has 1 aromatic rings. The number of aliphatic hydroxyl groups is 1. The Kier molecular flexibility index (Phi) is 4.52. The highest BCUT2D eigenvalue weighted by Crippen LogP contribution is 2.30. The van der Waals surface area contributed by atoms with Gasteiger partial charge in [0.25, 0.3) is 0 Å². The quantitative estimate of drug-likeness (QED) is 0.815. The number of methoxy groups -OCH3 is 1. The second-order valence-electron chi connectivity index (χ2n) is 4.08. The van der Waals surface area contributed by atoms with Crippen molar-refractivity contribution < 1.29 is 19.4 Å². The van der Waals surface area contributed by atoms with Crippen molar-refractivity contribution in [3.63, 3.8) is 0 Å². The molecule has 4 heteroatoms. The van der Waals surface area contributed by atoms with Crippen LogP contribution in [0.25, 0.3) is 0 Å². The number of rotatable bonds is 4. The lowest BCUT2D eigenvalue weighted by atomic mass is 10.0. The van der Waals surface area contributed by atoms with Crippen LogP contribution in [-0.4, -0.2) is 24.3 Å². The molecule has 1 N–H and O–H groups in total. The van der Waals surface area contributed by atoms with Gasteiger partial charge in [0.05, 0.1) is 13.2 Å². The maximum absolute atomic E-state index is 11.4. The third kappa shape index (κ3) is 3.20. The molecule has 0 spiro atoms. The number of benzene rings is 1. The van der Waals surface area contributed by atoms with Crippen LogP contribution in [0.1, 0.15) is 31.1 Å². The van der Waals surface area contributed by atoms with Gasteiger partial charge < -0.3 is 14.6 Å². The van der Waals surface area contributed by atoms with Crippen molar-refractivity contribution in [3.8, 4) is 5.75 Å². The van der Waals surface area contributed by atoms with Crippen LogP contribution in [-0.2, 0) is 9.53 Å². The maximum Gasteiger partial charge on any atom is 0.339 e. The van der Waals surface area contributed by atoms with Gasteiger partial charge in [-0.25, -0.2) is 4.79 Å². The molecular weight excluding hydrogens is 220 g/mol. The summed E-state index contributed by atoms with van der Waals surface area (Å²) in [5.41, 5.74) is 1.26. The number of aryl methyl sites for hydroxylation is 1. The van der Waals surface area contributed by atoms with Crippen LogP contribution in [0.15, 0.2) is 18.2 Å². The Balaban J connectivity index is 3.15. The van der Waals surface area contributed by atoms with Gasteiger partial charge in [-0.1, -0.05) is 12.1 Å². The fourth-order valence-corrected chi connectivity index (χ4v) is 1.59. The average molecular weight is 238 g/mol. The van der Waals surface area contributed by atoms with Gasteiger partial charge >= 0.3 is 5.97 Å². The first kappa shape index (κ1) is 13.5. The standard InChI is InChI=1S/C13H18O4/c1-8(2)17-10-7-5-6-9(3)11(10)12(14)13(15)16-4/h5-8,12,14H,1-4H3. The number of carbonyl (C=O) groups excluding carboxylic acids is 1. The van der Waals surface area contributed by atoms with E-state index in [0.717, 1.165) is 5.56 Å².